The van der Waals surface area contributed by atoms with E-state index in [4.69, 9.17) is 9.47 Å². The van der Waals surface area contributed by atoms with Gasteiger partial charge in [-0.25, -0.2) is 0 Å². The number of H-pyrrole nitrogens is 1. The lowest BCUT2D eigenvalue weighted by Gasteiger charge is -2.09. The second-order valence-corrected chi connectivity index (χ2v) is 4.20. The molecule has 0 amide bonds. The lowest BCUT2D eigenvalue weighted by molar-refractivity contribution is 0.0912. The maximum atomic E-state index is 5.59. The summed E-state index contributed by atoms with van der Waals surface area (Å²) in [5.74, 6) is 0.615. The standard InChI is InChI=1S/C12H20N2O2/c1-3-13-7-11(1)8-14-4-6-16-10-12-2-5-15-9-12/h1,3,7,12-14H,2,4-6,8-10H2. The summed E-state index contributed by atoms with van der Waals surface area (Å²) in [7, 11) is 0. The average Bonchev–Trinajstić information content (AvgIpc) is 2.96. The van der Waals surface area contributed by atoms with Crippen LogP contribution in [0.1, 0.15) is 12.0 Å². The Hall–Kier alpha value is -0.840. The minimum Gasteiger partial charge on any atom is -0.381 e. The van der Waals surface area contributed by atoms with Crippen molar-refractivity contribution in [2.75, 3.05) is 33.0 Å². The van der Waals surface area contributed by atoms with Crippen molar-refractivity contribution < 1.29 is 9.47 Å². The molecule has 1 saturated heterocycles. The fourth-order valence-corrected chi connectivity index (χ4v) is 1.81. The molecule has 1 atom stereocenters. The molecule has 0 aliphatic carbocycles. The molecule has 16 heavy (non-hydrogen) atoms. The van der Waals surface area contributed by atoms with E-state index in [-0.39, 0.29) is 0 Å². The van der Waals surface area contributed by atoms with E-state index in [0.717, 1.165) is 45.9 Å². The Bertz CT molecular complexity index is 269. The van der Waals surface area contributed by atoms with Crippen molar-refractivity contribution in [2.24, 2.45) is 5.92 Å². The van der Waals surface area contributed by atoms with Gasteiger partial charge in [0.1, 0.15) is 0 Å². The molecule has 1 aliphatic rings. The number of rotatable bonds is 7. The number of ether oxygens (including phenoxy) is 2. The number of hydrogen-bond donors (Lipinski definition) is 2. The molecule has 1 unspecified atom stereocenters. The maximum Gasteiger partial charge on any atom is 0.0591 e. The third-order valence-corrected chi connectivity index (χ3v) is 2.79. The molecule has 4 nitrogen and oxygen atoms in total. The summed E-state index contributed by atoms with van der Waals surface area (Å²) in [5.41, 5.74) is 1.28. The van der Waals surface area contributed by atoms with Gasteiger partial charge in [-0.3, -0.25) is 0 Å². The second kappa shape index (κ2) is 6.68. The highest BCUT2D eigenvalue weighted by atomic mass is 16.5. The van der Waals surface area contributed by atoms with E-state index < -0.39 is 0 Å². The van der Waals surface area contributed by atoms with Crippen LogP contribution in [0.15, 0.2) is 18.5 Å². The molecule has 0 radical (unpaired) electrons. The molecule has 0 spiro atoms. The van der Waals surface area contributed by atoms with Crippen molar-refractivity contribution in [3.63, 3.8) is 0 Å². The molecule has 2 heterocycles. The number of hydrogen-bond acceptors (Lipinski definition) is 3. The van der Waals surface area contributed by atoms with E-state index in [1.165, 1.54) is 5.56 Å². The van der Waals surface area contributed by atoms with Crippen LogP contribution >= 0.6 is 0 Å². The number of aromatic nitrogens is 1. The topological polar surface area (TPSA) is 46.3 Å². The molecule has 0 aromatic carbocycles. The van der Waals surface area contributed by atoms with Gasteiger partial charge in [0.05, 0.1) is 19.8 Å². The zero-order chi connectivity index (χ0) is 11.1. The highest BCUT2D eigenvalue weighted by molar-refractivity contribution is 5.07. The van der Waals surface area contributed by atoms with Gasteiger partial charge < -0.3 is 19.8 Å². The normalized spacial score (nSPS) is 20.4. The van der Waals surface area contributed by atoms with Gasteiger partial charge in [-0.05, 0) is 18.1 Å². The van der Waals surface area contributed by atoms with Crippen molar-refractivity contribution >= 4 is 0 Å². The van der Waals surface area contributed by atoms with E-state index in [9.17, 15) is 0 Å². The lowest BCUT2D eigenvalue weighted by Crippen LogP contribution is -2.20. The lowest BCUT2D eigenvalue weighted by atomic mass is 10.1. The maximum absolute atomic E-state index is 5.59. The van der Waals surface area contributed by atoms with Crippen LogP contribution in [0.5, 0.6) is 0 Å². The molecule has 1 fully saturated rings. The smallest absolute Gasteiger partial charge is 0.0591 e. The first-order valence-corrected chi connectivity index (χ1v) is 5.93. The molecule has 0 bridgehead atoms. The Morgan fingerprint density at radius 2 is 2.56 bits per heavy atom. The summed E-state index contributed by atoms with van der Waals surface area (Å²) in [6.07, 6.45) is 5.09. The van der Waals surface area contributed by atoms with Crippen molar-refractivity contribution in [1.29, 1.82) is 0 Å². The van der Waals surface area contributed by atoms with Crippen LogP contribution in [-0.2, 0) is 16.0 Å². The summed E-state index contributed by atoms with van der Waals surface area (Å²) in [6.45, 7) is 5.20. The summed E-state index contributed by atoms with van der Waals surface area (Å²) in [5, 5.41) is 3.34. The molecule has 90 valence electrons. The van der Waals surface area contributed by atoms with E-state index in [1.807, 2.05) is 12.4 Å². The number of aromatic amines is 1. The third-order valence-electron chi connectivity index (χ3n) is 2.79. The minimum atomic E-state index is 0.615. The fourth-order valence-electron chi connectivity index (χ4n) is 1.81. The van der Waals surface area contributed by atoms with E-state index in [1.54, 1.807) is 0 Å². The molecule has 0 saturated carbocycles. The van der Waals surface area contributed by atoms with Crippen molar-refractivity contribution in [1.82, 2.24) is 10.3 Å². The molecule has 1 aliphatic heterocycles. The van der Waals surface area contributed by atoms with Crippen LogP contribution in [0.2, 0.25) is 0 Å². The van der Waals surface area contributed by atoms with Crippen LogP contribution in [0.25, 0.3) is 0 Å². The second-order valence-electron chi connectivity index (χ2n) is 4.20. The van der Waals surface area contributed by atoms with Gasteiger partial charge in [-0.2, -0.15) is 0 Å². The Morgan fingerprint density at radius 1 is 1.56 bits per heavy atom. The van der Waals surface area contributed by atoms with Crippen LogP contribution < -0.4 is 5.32 Å². The van der Waals surface area contributed by atoms with Crippen LogP contribution in [0, 0.1) is 5.92 Å². The van der Waals surface area contributed by atoms with Gasteiger partial charge in [-0.15, -0.1) is 0 Å². The molecule has 2 N–H and O–H groups in total. The fraction of sp³-hybridized carbons (Fsp3) is 0.667. The molecule has 1 aromatic heterocycles. The monoisotopic (exact) mass is 224 g/mol. The first-order valence-electron chi connectivity index (χ1n) is 5.93. The largest absolute Gasteiger partial charge is 0.381 e. The highest BCUT2D eigenvalue weighted by Gasteiger charge is 2.14. The summed E-state index contributed by atoms with van der Waals surface area (Å²) in [6, 6.07) is 2.07. The summed E-state index contributed by atoms with van der Waals surface area (Å²) < 4.78 is 10.9. The molecular formula is C12H20N2O2. The van der Waals surface area contributed by atoms with Gasteiger partial charge in [-0.1, -0.05) is 0 Å². The van der Waals surface area contributed by atoms with Crippen molar-refractivity contribution in [3.8, 4) is 0 Å². The predicted octanol–water partition coefficient (Wildman–Crippen LogP) is 1.16. The van der Waals surface area contributed by atoms with E-state index in [2.05, 4.69) is 16.4 Å². The third kappa shape index (κ3) is 3.96. The zero-order valence-corrected chi connectivity index (χ0v) is 9.58. The Morgan fingerprint density at radius 3 is 3.31 bits per heavy atom. The highest BCUT2D eigenvalue weighted by Crippen LogP contribution is 2.11. The van der Waals surface area contributed by atoms with E-state index in [0.29, 0.717) is 5.92 Å². The van der Waals surface area contributed by atoms with Crippen LogP contribution in [0.4, 0.5) is 0 Å². The summed E-state index contributed by atoms with van der Waals surface area (Å²) in [4.78, 5) is 3.03. The van der Waals surface area contributed by atoms with Gasteiger partial charge in [0.2, 0.25) is 0 Å². The van der Waals surface area contributed by atoms with Gasteiger partial charge in [0.15, 0.2) is 0 Å². The van der Waals surface area contributed by atoms with E-state index >= 15 is 0 Å². The average molecular weight is 224 g/mol. The van der Waals surface area contributed by atoms with Gasteiger partial charge >= 0.3 is 0 Å². The molecule has 2 rings (SSSR count). The van der Waals surface area contributed by atoms with Crippen LogP contribution in [0.3, 0.4) is 0 Å². The Kier molecular flexibility index (Phi) is 4.86. The molecular weight excluding hydrogens is 204 g/mol. The SMILES string of the molecule is c1cc(CNCCOCC2CCOC2)c[nH]1. The Balaban J connectivity index is 1.43. The first kappa shape index (κ1) is 11.6. The Labute approximate surface area is 96.3 Å². The molecule has 4 heteroatoms. The van der Waals surface area contributed by atoms with Gasteiger partial charge in [0, 0.05) is 38.0 Å². The minimum absolute atomic E-state index is 0.615. The van der Waals surface area contributed by atoms with Crippen molar-refractivity contribution in [2.45, 2.75) is 13.0 Å². The predicted molar refractivity (Wildman–Crippen MR) is 62.2 cm³/mol. The quantitative estimate of drug-likeness (QED) is 0.683. The number of nitrogens with one attached hydrogen (secondary N) is 2. The van der Waals surface area contributed by atoms with Gasteiger partial charge in [0.25, 0.3) is 0 Å². The van der Waals surface area contributed by atoms with Crippen LogP contribution in [-0.4, -0.2) is 38.0 Å². The zero-order valence-electron chi connectivity index (χ0n) is 9.58. The summed E-state index contributed by atoms with van der Waals surface area (Å²) >= 11 is 0. The van der Waals surface area contributed by atoms with Crippen molar-refractivity contribution in [3.05, 3.63) is 24.0 Å². The molecule has 1 aromatic rings. The first-order chi connectivity index (χ1) is 7.95.